The molecule has 3 aromatic rings. The molecule has 0 aliphatic rings. The summed E-state index contributed by atoms with van der Waals surface area (Å²) in [7, 11) is 0. The van der Waals surface area contributed by atoms with Crippen LogP contribution in [-0.2, 0) is 6.42 Å². The van der Waals surface area contributed by atoms with Crippen LogP contribution in [0.2, 0.25) is 0 Å². The van der Waals surface area contributed by atoms with Gasteiger partial charge >= 0.3 is 6.61 Å². The molecule has 3 aromatic carbocycles. The number of ether oxygens (including phenoxy) is 1. The van der Waals surface area contributed by atoms with E-state index in [4.69, 9.17) is 0 Å². The lowest BCUT2D eigenvalue weighted by Gasteiger charge is -2.15. The highest BCUT2D eigenvalue weighted by atomic mass is 19.3. The van der Waals surface area contributed by atoms with E-state index in [1.54, 1.807) is 12.1 Å². The Morgan fingerprint density at radius 1 is 0.966 bits per heavy atom. The van der Waals surface area contributed by atoms with Gasteiger partial charge in [0.05, 0.1) is 5.56 Å². The third kappa shape index (κ3) is 4.47. The SMILES string of the molecule is CCCc1ccc(-c2c(-c3ccc(OC(F)F)cc3)cc(F)c(C=O)c2F)cc1. The molecule has 0 aliphatic carbocycles. The molecule has 0 amide bonds. The highest BCUT2D eigenvalue weighted by Gasteiger charge is 2.21. The molecule has 6 heteroatoms. The maximum absolute atomic E-state index is 15.1. The first-order chi connectivity index (χ1) is 13.9. The topological polar surface area (TPSA) is 26.3 Å². The quantitative estimate of drug-likeness (QED) is 0.326. The molecule has 0 aliphatic heterocycles. The number of alkyl halides is 2. The number of halogens is 4. The molecule has 0 N–H and O–H groups in total. The zero-order valence-corrected chi connectivity index (χ0v) is 15.6. The number of hydrogen-bond donors (Lipinski definition) is 0. The first-order valence-corrected chi connectivity index (χ1v) is 9.06. The number of hydrogen-bond acceptors (Lipinski definition) is 2. The predicted octanol–water partition coefficient (Wildman–Crippen LogP) is 6.67. The Balaban J connectivity index is 2.14. The van der Waals surface area contributed by atoms with Gasteiger partial charge in [-0.2, -0.15) is 8.78 Å². The summed E-state index contributed by atoms with van der Waals surface area (Å²) in [5.74, 6) is -2.03. The predicted molar refractivity (Wildman–Crippen MR) is 103 cm³/mol. The molecule has 0 spiro atoms. The number of carbonyl (C=O) groups is 1. The lowest BCUT2D eigenvalue weighted by Crippen LogP contribution is -2.02. The van der Waals surface area contributed by atoms with Crippen LogP contribution >= 0.6 is 0 Å². The second-order valence-corrected chi connectivity index (χ2v) is 6.48. The molecule has 0 bridgehead atoms. The Hall–Kier alpha value is -3.15. The van der Waals surface area contributed by atoms with E-state index >= 15 is 4.39 Å². The summed E-state index contributed by atoms with van der Waals surface area (Å²) in [5, 5.41) is 0. The van der Waals surface area contributed by atoms with Gasteiger partial charge in [0, 0.05) is 5.56 Å². The zero-order chi connectivity index (χ0) is 21.0. The summed E-state index contributed by atoms with van der Waals surface area (Å²) in [5.41, 5.74) is 1.57. The van der Waals surface area contributed by atoms with Gasteiger partial charge in [-0.15, -0.1) is 0 Å². The molecule has 150 valence electrons. The maximum Gasteiger partial charge on any atom is 0.387 e. The molecule has 0 radical (unpaired) electrons. The standard InChI is InChI=1S/C23H18F4O2/c1-2-3-14-4-6-16(7-5-14)21-18(12-20(24)19(13-28)22(21)25)15-8-10-17(11-9-15)29-23(26)27/h4-13,23H,2-3H2,1H3. The van der Waals surface area contributed by atoms with Crippen molar-refractivity contribution in [1.82, 2.24) is 0 Å². The second kappa shape index (κ2) is 8.90. The third-order valence-corrected chi connectivity index (χ3v) is 4.54. The summed E-state index contributed by atoms with van der Waals surface area (Å²) in [4.78, 5) is 11.2. The first kappa shape index (κ1) is 20.6. The Morgan fingerprint density at radius 2 is 1.59 bits per heavy atom. The Morgan fingerprint density at radius 3 is 2.14 bits per heavy atom. The van der Waals surface area contributed by atoms with Crippen LogP contribution < -0.4 is 4.74 Å². The van der Waals surface area contributed by atoms with Crippen LogP contribution in [0.25, 0.3) is 22.3 Å². The van der Waals surface area contributed by atoms with Crippen molar-refractivity contribution in [3.05, 3.63) is 77.4 Å². The van der Waals surface area contributed by atoms with Gasteiger partial charge < -0.3 is 4.74 Å². The number of aldehydes is 1. The molecule has 0 fully saturated rings. The molecule has 3 rings (SSSR count). The van der Waals surface area contributed by atoms with E-state index < -0.39 is 23.8 Å². The number of benzene rings is 3. The molecular weight excluding hydrogens is 384 g/mol. The summed E-state index contributed by atoms with van der Waals surface area (Å²) >= 11 is 0. The van der Waals surface area contributed by atoms with E-state index in [-0.39, 0.29) is 23.2 Å². The summed E-state index contributed by atoms with van der Waals surface area (Å²) < 4.78 is 58.4. The molecule has 0 heterocycles. The van der Waals surface area contributed by atoms with E-state index in [9.17, 15) is 18.0 Å². The number of aryl methyl sites for hydroxylation is 1. The molecule has 0 atom stereocenters. The van der Waals surface area contributed by atoms with E-state index in [1.807, 2.05) is 19.1 Å². The Bertz CT molecular complexity index is 997. The van der Waals surface area contributed by atoms with Crippen molar-refractivity contribution in [2.24, 2.45) is 0 Å². The monoisotopic (exact) mass is 402 g/mol. The van der Waals surface area contributed by atoms with Crippen LogP contribution in [0.3, 0.4) is 0 Å². The van der Waals surface area contributed by atoms with Gasteiger partial charge in [-0.1, -0.05) is 49.7 Å². The summed E-state index contributed by atoms with van der Waals surface area (Å²) in [6, 6.07) is 13.7. The lowest BCUT2D eigenvalue weighted by atomic mass is 9.91. The fourth-order valence-electron chi connectivity index (χ4n) is 3.19. The van der Waals surface area contributed by atoms with E-state index in [0.717, 1.165) is 24.5 Å². The van der Waals surface area contributed by atoms with Crippen LogP contribution in [0.4, 0.5) is 17.6 Å². The maximum atomic E-state index is 15.1. The van der Waals surface area contributed by atoms with Crippen molar-refractivity contribution >= 4 is 6.29 Å². The second-order valence-electron chi connectivity index (χ2n) is 6.48. The van der Waals surface area contributed by atoms with Crippen LogP contribution in [0.15, 0.2) is 54.6 Å². The van der Waals surface area contributed by atoms with Gasteiger partial charge in [0.15, 0.2) is 6.29 Å². The highest BCUT2D eigenvalue weighted by molar-refractivity contribution is 5.89. The van der Waals surface area contributed by atoms with E-state index in [1.165, 1.54) is 24.3 Å². The Kier molecular flexibility index (Phi) is 6.32. The average molecular weight is 402 g/mol. The van der Waals surface area contributed by atoms with Crippen molar-refractivity contribution in [2.75, 3.05) is 0 Å². The van der Waals surface area contributed by atoms with Crippen molar-refractivity contribution in [1.29, 1.82) is 0 Å². The van der Waals surface area contributed by atoms with Crippen molar-refractivity contribution in [2.45, 2.75) is 26.4 Å². The van der Waals surface area contributed by atoms with Gasteiger partial charge in [-0.05, 0) is 46.9 Å². The van der Waals surface area contributed by atoms with Crippen LogP contribution in [0.1, 0.15) is 29.3 Å². The smallest absolute Gasteiger partial charge is 0.387 e. The minimum atomic E-state index is -2.97. The molecule has 29 heavy (non-hydrogen) atoms. The molecule has 0 aromatic heterocycles. The van der Waals surface area contributed by atoms with Gasteiger partial charge in [0.1, 0.15) is 17.4 Å². The molecule has 0 saturated carbocycles. The van der Waals surface area contributed by atoms with Crippen LogP contribution in [0, 0.1) is 11.6 Å². The summed E-state index contributed by atoms with van der Waals surface area (Å²) in [6.07, 6.45) is 1.96. The summed E-state index contributed by atoms with van der Waals surface area (Å²) in [6.45, 7) is -0.927. The van der Waals surface area contributed by atoms with Gasteiger partial charge in [0.2, 0.25) is 0 Å². The van der Waals surface area contributed by atoms with Gasteiger partial charge in [-0.25, -0.2) is 8.78 Å². The molecule has 0 saturated heterocycles. The van der Waals surface area contributed by atoms with Crippen molar-refractivity contribution in [3.8, 4) is 28.0 Å². The van der Waals surface area contributed by atoms with Crippen molar-refractivity contribution < 1.29 is 27.1 Å². The highest BCUT2D eigenvalue weighted by Crippen LogP contribution is 2.37. The fraction of sp³-hybridized carbons (Fsp3) is 0.174. The van der Waals surface area contributed by atoms with Gasteiger partial charge in [0.25, 0.3) is 0 Å². The Labute approximate surface area is 165 Å². The minimum absolute atomic E-state index is 0.0686. The van der Waals surface area contributed by atoms with Crippen molar-refractivity contribution in [3.63, 3.8) is 0 Å². The fourth-order valence-corrected chi connectivity index (χ4v) is 3.19. The van der Waals surface area contributed by atoms with Crippen LogP contribution in [0.5, 0.6) is 5.75 Å². The molecule has 2 nitrogen and oxygen atoms in total. The van der Waals surface area contributed by atoms with E-state index in [2.05, 4.69) is 4.74 Å². The molecular formula is C23H18F4O2. The van der Waals surface area contributed by atoms with E-state index in [0.29, 0.717) is 11.1 Å². The lowest BCUT2D eigenvalue weighted by molar-refractivity contribution is -0.0498. The molecule has 0 unspecified atom stereocenters. The normalized spacial score (nSPS) is 11.0. The number of rotatable bonds is 7. The third-order valence-electron chi connectivity index (χ3n) is 4.54. The largest absolute Gasteiger partial charge is 0.435 e. The van der Waals surface area contributed by atoms with Crippen LogP contribution in [-0.4, -0.2) is 12.9 Å². The average Bonchev–Trinajstić information content (AvgIpc) is 2.69. The van der Waals surface area contributed by atoms with Gasteiger partial charge in [-0.3, -0.25) is 4.79 Å². The number of carbonyl (C=O) groups excluding carboxylic acids is 1. The minimum Gasteiger partial charge on any atom is -0.435 e. The zero-order valence-electron chi connectivity index (χ0n) is 15.6. The first-order valence-electron chi connectivity index (χ1n) is 9.06.